The van der Waals surface area contributed by atoms with Crippen molar-refractivity contribution in [3.63, 3.8) is 0 Å². The normalized spacial score (nSPS) is 18.7. The van der Waals surface area contributed by atoms with Crippen LogP contribution < -0.4 is 0 Å². The van der Waals surface area contributed by atoms with Crippen LogP contribution in [0.4, 0.5) is 0 Å². The summed E-state index contributed by atoms with van der Waals surface area (Å²) in [6.45, 7) is 1.27. The number of carbonyl (C=O) groups excluding carboxylic acids is 1. The summed E-state index contributed by atoms with van der Waals surface area (Å²) in [5, 5.41) is 0.171. The fourth-order valence-corrected chi connectivity index (χ4v) is 3.62. The van der Waals surface area contributed by atoms with Crippen molar-refractivity contribution in [2.75, 3.05) is 12.3 Å². The summed E-state index contributed by atoms with van der Waals surface area (Å²) in [6.07, 6.45) is 3.86. The number of carbonyl (C=O) groups is 1. The topological polar surface area (TPSA) is 25.2 Å². The minimum absolute atomic E-state index is 0.171. The van der Waals surface area contributed by atoms with Crippen LogP contribution in [0, 0.1) is 0 Å². The highest BCUT2D eigenvalue weighted by atomic mass is 32.2. The lowest BCUT2D eigenvalue weighted by molar-refractivity contribution is -0.132. The predicted molar refractivity (Wildman–Crippen MR) is 77.8 cm³/mol. The van der Waals surface area contributed by atoms with E-state index in [1.54, 1.807) is 0 Å². The van der Waals surface area contributed by atoms with Gasteiger partial charge in [0.2, 0.25) is 5.91 Å². The van der Waals surface area contributed by atoms with Gasteiger partial charge in [-0.05, 0) is 17.7 Å². The van der Waals surface area contributed by atoms with E-state index in [2.05, 4.69) is 12.1 Å². The van der Waals surface area contributed by atoms with Crippen LogP contribution in [0.1, 0.15) is 10.9 Å². The zero-order valence-corrected chi connectivity index (χ0v) is 11.4. The van der Waals surface area contributed by atoms with Gasteiger partial charge in [0.25, 0.3) is 0 Å². The number of rotatable bonds is 3. The van der Waals surface area contributed by atoms with Crippen molar-refractivity contribution >= 4 is 17.7 Å². The van der Waals surface area contributed by atoms with Crippen molar-refractivity contribution in [2.24, 2.45) is 0 Å². The highest BCUT2D eigenvalue weighted by Crippen LogP contribution is 2.37. The van der Waals surface area contributed by atoms with Crippen molar-refractivity contribution in [3.05, 3.63) is 60.4 Å². The van der Waals surface area contributed by atoms with Crippen LogP contribution >= 0.6 is 11.8 Å². The molecule has 1 aromatic heterocycles. The van der Waals surface area contributed by atoms with Crippen LogP contribution in [-0.2, 0) is 11.3 Å². The van der Waals surface area contributed by atoms with Gasteiger partial charge in [-0.1, -0.05) is 30.3 Å². The van der Waals surface area contributed by atoms with Crippen molar-refractivity contribution in [2.45, 2.75) is 11.9 Å². The summed E-state index contributed by atoms with van der Waals surface area (Å²) < 4.78 is 1.92. The van der Waals surface area contributed by atoms with E-state index in [1.807, 2.05) is 64.0 Å². The van der Waals surface area contributed by atoms with Gasteiger partial charge in [-0.15, -0.1) is 11.8 Å². The van der Waals surface area contributed by atoms with E-state index in [9.17, 15) is 4.79 Å². The van der Waals surface area contributed by atoms with Crippen molar-refractivity contribution in [3.8, 4) is 0 Å². The maximum absolute atomic E-state index is 12.4. The largest absolute Gasteiger partial charge is 0.345 e. The standard InChI is InChI=1S/C15H16N2OS/c18-14(12-16-8-4-5-9-16)17-10-11-19-15(17)13-6-2-1-3-7-13/h1-9,15H,10-12H2. The van der Waals surface area contributed by atoms with Crippen LogP contribution in [0.2, 0.25) is 0 Å². The molecule has 0 saturated carbocycles. The third-order valence-corrected chi connectivity index (χ3v) is 4.54. The molecule has 3 rings (SSSR count). The Morgan fingerprint density at radius 2 is 1.89 bits per heavy atom. The van der Waals surface area contributed by atoms with Gasteiger partial charge < -0.3 is 9.47 Å². The average molecular weight is 272 g/mol. The second-order valence-electron chi connectivity index (χ2n) is 4.58. The first-order valence-corrected chi connectivity index (χ1v) is 7.46. The Kier molecular flexibility index (Phi) is 3.60. The van der Waals surface area contributed by atoms with E-state index in [0.29, 0.717) is 6.54 Å². The molecule has 0 spiro atoms. The third-order valence-electron chi connectivity index (χ3n) is 3.28. The molecule has 1 atom stereocenters. The SMILES string of the molecule is O=C(Cn1cccc1)N1CCSC1c1ccccc1. The van der Waals surface area contributed by atoms with Gasteiger partial charge in [-0.2, -0.15) is 0 Å². The summed E-state index contributed by atoms with van der Waals surface area (Å²) >= 11 is 1.84. The first-order valence-electron chi connectivity index (χ1n) is 6.41. The zero-order chi connectivity index (χ0) is 13.1. The van der Waals surface area contributed by atoms with E-state index >= 15 is 0 Å². The summed E-state index contributed by atoms with van der Waals surface area (Å²) in [7, 11) is 0. The second-order valence-corrected chi connectivity index (χ2v) is 5.76. The minimum atomic E-state index is 0.171. The lowest BCUT2D eigenvalue weighted by Gasteiger charge is -2.24. The Labute approximate surface area is 117 Å². The maximum Gasteiger partial charge on any atom is 0.243 e. The maximum atomic E-state index is 12.4. The fourth-order valence-electron chi connectivity index (χ4n) is 2.34. The number of nitrogens with zero attached hydrogens (tertiary/aromatic N) is 2. The molecule has 1 amide bonds. The third kappa shape index (κ3) is 2.68. The Bertz CT molecular complexity index is 539. The summed E-state index contributed by atoms with van der Waals surface area (Å²) in [5.41, 5.74) is 1.21. The molecular formula is C15H16N2OS. The number of benzene rings is 1. The van der Waals surface area contributed by atoms with Crippen molar-refractivity contribution < 1.29 is 4.79 Å². The van der Waals surface area contributed by atoms with Crippen LogP contribution in [0.15, 0.2) is 54.9 Å². The summed E-state index contributed by atoms with van der Waals surface area (Å²) in [5.74, 6) is 1.20. The Morgan fingerprint density at radius 3 is 2.63 bits per heavy atom. The number of hydrogen-bond acceptors (Lipinski definition) is 2. The monoisotopic (exact) mass is 272 g/mol. The van der Waals surface area contributed by atoms with E-state index in [0.717, 1.165) is 12.3 Å². The first-order chi connectivity index (χ1) is 9.34. The van der Waals surface area contributed by atoms with E-state index < -0.39 is 0 Å². The highest BCUT2D eigenvalue weighted by Gasteiger charge is 2.30. The number of amides is 1. The van der Waals surface area contributed by atoms with Crippen LogP contribution in [0.3, 0.4) is 0 Å². The Hall–Kier alpha value is -1.68. The van der Waals surface area contributed by atoms with Crippen LogP contribution in [0.5, 0.6) is 0 Å². The van der Waals surface area contributed by atoms with E-state index in [4.69, 9.17) is 0 Å². The average Bonchev–Trinajstić information content (AvgIpc) is 3.10. The summed E-state index contributed by atoms with van der Waals surface area (Å²) in [4.78, 5) is 14.4. The molecule has 19 heavy (non-hydrogen) atoms. The van der Waals surface area contributed by atoms with Gasteiger partial charge in [0.05, 0.1) is 0 Å². The molecular weight excluding hydrogens is 256 g/mol. The predicted octanol–water partition coefficient (Wildman–Crippen LogP) is 2.76. The molecule has 0 bridgehead atoms. The quantitative estimate of drug-likeness (QED) is 0.858. The number of thioether (sulfide) groups is 1. The van der Waals surface area contributed by atoms with Crippen molar-refractivity contribution in [1.82, 2.24) is 9.47 Å². The lowest BCUT2D eigenvalue weighted by Crippen LogP contribution is -2.33. The zero-order valence-electron chi connectivity index (χ0n) is 10.6. The highest BCUT2D eigenvalue weighted by molar-refractivity contribution is 7.99. The van der Waals surface area contributed by atoms with Gasteiger partial charge in [0.15, 0.2) is 0 Å². The van der Waals surface area contributed by atoms with E-state index in [-0.39, 0.29) is 11.3 Å². The molecule has 98 valence electrons. The molecule has 1 aliphatic heterocycles. The van der Waals surface area contributed by atoms with Crippen molar-refractivity contribution in [1.29, 1.82) is 0 Å². The molecule has 1 unspecified atom stereocenters. The van der Waals surface area contributed by atoms with Gasteiger partial charge >= 0.3 is 0 Å². The molecule has 0 radical (unpaired) electrons. The molecule has 1 aromatic carbocycles. The van der Waals surface area contributed by atoms with Gasteiger partial charge in [-0.3, -0.25) is 4.79 Å². The molecule has 0 aliphatic carbocycles. The molecule has 4 heteroatoms. The molecule has 2 heterocycles. The van der Waals surface area contributed by atoms with Gasteiger partial charge in [0, 0.05) is 24.7 Å². The lowest BCUT2D eigenvalue weighted by atomic mass is 10.2. The molecule has 2 aromatic rings. The molecule has 1 aliphatic rings. The smallest absolute Gasteiger partial charge is 0.243 e. The van der Waals surface area contributed by atoms with Crippen LogP contribution in [-0.4, -0.2) is 27.7 Å². The van der Waals surface area contributed by atoms with E-state index in [1.165, 1.54) is 5.56 Å². The Morgan fingerprint density at radius 1 is 1.16 bits per heavy atom. The van der Waals surface area contributed by atoms with Crippen LogP contribution in [0.25, 0.3) is 0 Å². The second kappa shape index (κ2) is 5.53. The van der Waals surface area contributed by atoms with Gasteiger partial charge in [0.1, 0.15) is 11.9 Å². The Balaban J connectivity index is 1.74. The number of hydrogen-bond donors (Lipinski definition) is 0. The fraction of sp³-hybridized carbons (Fsp3) is 0.267. The molecule has 1 saturated heterocycles. The molecule has 1 fully saturated rings. The summed E-state index contributed by atoms with van der Waals surface area (Å²) in [6, 6.07) is 14.2. The number of aromatic nitrogens is 1. The first kappa shape index (κ1) is 12.4. The molecule has 0 N–H and O–H groups in total. The van der Waals surface area contributed by atoms with Gasteiger partial charge in [-0.25, -0.2) is 0 Å². The minimum Gasteiger partial charge on any atom is -0.345 e. The molecule has 3 nitrogen and oxygen atoms in total.